The van der Waals surface area contributed by atoms with Crippen molar-refractivity contribution in [3.8, 4) is 0 Å². The van der Waals surface area contributed by atoms with Gasteiger partial charge in [-0.05, 0) is 93.9 Å². The Morgan fingerprint density at radius 3 is 2.08 bits per heavy atom. The summed E-state index contributed by atoms with van der Waals surface area (Å²) >= 11 is 0. The summed E-state index contributed by atoms with van der Waals surface area (Å²) in [6, 6.07) is 17.2. The molecule has 0 N–H and O–H groups in total. The first-order chi connectivity index (χ1) is 19.1. The lowest BCUT2D eigenvalue weighted by Crippen LogP contribution is -2.45. The van der Waals surface area contributed by atoms with Crippen LogP contribution in [0.1, 0.15) is 44.6 Å². The molecule has 4 rings (SSSR count). The Bertz CT molecular complexity index is 1320. The van der Waals surface area contributed by atoms with Crippen molar-refractivity contribution in [1.29, 1.82) is 0 Å². The number of sulfonamides is 1. The molecule has 0 aliphatic carbocycles. The van der Waals surface area contributed by atoms with Gasteiger partial charge in [0.25, 0.3) is 0 Å². The number of amides is 1. The van der Waals surface area contributed by atoms with E-state index in [0.717, 1.165) is 51.0 Å². The molecule has 0 saturated carbocycles. The molecule has 1 amide bonds. The number of carbonyl (C=O) groups excluding carboxylic acids is 1. The number of piperidine rings is 2. The van der Waals surface area contributed by atoms with E-state index in [1.807, 2.05) is 47.4 Å². The van der Waals surface area contributed by atoms with E-state index in [-0.39, 0.29) is 17.6 Å². The molecule has 8 nitrogen and oxygen atoms in total. The molecule has 2 aromatic rings. The van der Waals surface area contributed by atoms with E-state index in [2.05, 4.69) is 4.90 Å². The minimum Gasteiger partial charge on any atom is -0.312 e. The van der Waals surface area contributed by atoms with Crippen LogP contribution in [0.2, 0.25) is 0 Å². The van der Waals surface area contributed by atoms with E-state index in [1.165, 1.54) is 16.1 Å². The molecule has 0 spiro atoms. The highest BCUT2D eigenvalue weighted by atomic mass is 32.2. The van der Waals surface area contributed by atoms with Crippen molar-refractivity contribution in [2.45, 2.75) is 50.3 Å². The van der Waals surface area contributed by atoms with Crippen LogP contribution in [0, 0.1) is 11.8 Å². The number of hydrogen-bond donors (Lipinski definition) is 0. The summed E-state index contributed by atoms with van der Waals surface area (Å²) in [6.07, 6.45) is 6.40. The van der Waals surface area contributed by atoms with Crippen LogP contribution in [-0.2, 0) is 31.1 Å². The lowest BCUT2D eigenvalue weighted by molar-refractivity contribution is -0.123. The van der Waals surface area contributed by atoms with Crippen molar-refractivity contribution < 1.29 is 21.6 Å². The first-order valence-corrected chi connectivity index (χ1v) is 17.9. The Kier molecular flexibility index (Phi) is 10.4. The maximum absolute atomic E-state index is 13.6. The Balaban J connectivity index is 1.26. The zero-order valence-electron chi connectivity index (χ0n) is 23.7. The topological polar surface area (TPSA) is 95.1 Å². The molecular formula is C30H43N3O5S2. The number of anilines is 1. The van der Waals surface area contributed by atoms with E-state index in [4.69, 9.17) is 0 Å². The van der Waals surface area contributed by atoms with Crippen LogP contribution in [-0.4, -0.2) is 83.2 Å². The maximum Gasteiger partial charge on any atom is 0.230 e. The van der Waals surface area contributed by atoms with Gasteiger partial charge in [0.2, 0.25) is 15.9 Å². The van der Waals surface area contributed by atoms with Crippen molar-refractivity contribution >= 4 is 31.5 Å². The summed E-state index contributed by atoms with van der Waals surface area (Å²) in [5.41, 5.74) is 2.09. The van der Waals surface area contributed by atoms with Crippen molar-refractivity contribution in [1.82, 2.24) is 9.21 Å². The molecule has 0 aromatic heterocycles. The number of para-hydroxylation sites is 1. The van der Waals surface area contributed by atoms with Gasteiger partial charge in [-0.25, -0.2) is 21.1 Å². The van der Waals surface area contributed by atoms with Crippen molar-refractivity contribution in [3.05, 3.63) is 60.2 Å². The summed E-state index contributed by atoms with van der Waals surface area (Å²) in [4.78, 5) is 18.3. The van der Waals surface area contributed by atoms with Gasteiger partial charge < -0.3 is 9.80 Å². The van der Waals surface area contributed by atoms with Crippen LogP contribution >= 0.6 is 0 Å². The zero-order valence-corrected chi connectivity index (χ0v) is 25.4. The van der Waals surface area contributed by atoms with Crippen LogP contribution in [0.4, 0.5) is 5.69 Å². The molecule has 2 aliphatic heterocycles. The lowest BCUT2D eigenvalue weighted by Gasteiger charge is -2.34. The number of sulfone groups is 1. The number of benzene rings is 2. The summed E-state index contributed by atoms with van der Waals surface area (Å²) in [5, 5.41) is 0. The van der Waals surface area contributed by atoms with Gasteiger partial charge in [-0.2, -0.15) is 0 Å². The molecule has 2 aromatic carbocycles. The molecule has 2 saturated heterocycles. The highest BCUT2D eigenvalue weighted by molar-refractivity contribution is 7.91. The van der Waals surface area contributed by atoms with E-state index in [1.54, 1.807) is 19.1 Å². The second-order valence-corrected chi connectivity index (χ2v) is 15.4. The molecule has 0 atom stereocenters. The summed E-state index contributed by atoms with van der Waals surface area (Å²) in [7, 11) is -6.39. The summed E-state index contributed by atoms with van der Waals surface area (Å²) in [6.45, 7) is 6.08. The fraction of sp³-hybridized carbons (Fsp3) is 0.567. The Hall–Kier alpha value is -2.27. The molecule has 10 heteroatoms. The molecule has 220 valence electrons. The third-order valence-corrected chi connectivity index (χ3v) is 11.4. The van der Waals surface area contributed by atoms with Gasteiger partial charge in [0.05, 0.1) is 16.9 Å². The van der Waals surface area contributed by atoms with Crippen molar-refractivity contribution in [2.24, 2.45) is 11.8 Å². The average molecular weight is 590 g/mol. The fourth-order valence-corrected chi connectivity index (χ4v) is 7.59. The van der Waals surface area contributed by atoms with Crippen molar-refractivity contribution in [2.75, 3.05) is 56.2 Å². The van der Waals surface area contributed by atoms with Gasteiger partial charge in [0, 0.05) is 31.2 Å². The second-order valence-electron chi connectivity index (χ2n) is 11.2. The average Bonchev–Trinajstić information content (AvgIpc) is 2.96. The highest BCUT2D eigenvalue weighted by Crippen LogP contribution is 2.26. The Morgan fingerprint density at radius 1 is 0.875 bits per heavy atom. The molecule has 40 heavy (non-hydrogen) atoms. The largest absolute Gasteiger partial charge is 0.312 e. The zero-order chi connectivity index (χ0) is 28.8. The van der Waals surface area contributed by atoms with Gasteiger partial charge in [0.1, 0.15) is 0 Å². The van der Waals surface area contributed by atoms with E-state index in [9.17, 15) is 21.6 Å². The molecule has 0 unspecified atom stereocenters. The van der Waals surface area contributed by atoms with Gasteiger partial charge in [-0.1, -0.05) is 37.3 Å². The van der Waals surface area contributed by atoms with Crippen LogP contribution in [0.15, 0.2) is 59.5 Å². The first kappa shape index (κ1) is 30.7. The minimum atomic E-state index is -3.22. The predicted molar refractivity (Wildman–Crippen MR) is 160 cm³/mol. The van der Waals surface area contributed by atoms with Gasteiger partial charge in [-0.3, -0.25) is 4.79 Å². The monoisotopic (exact) mass is 589 g/mol. The minimum absolute atomic E-state index is 0.0933. The van der Waals surface area contributed by atoms with Crippen LogP contribution in [0.3, 0.4) is 0 Å². The van der Waals surface area contributed by atoms with Crippen LogP contribution in [0.25, 0.3) is 0 Å². The Labute approximate surface area is 240 Å². The summed E-state index contributed by atoms with van der Waals surface area (Å²) in [5.74, 6) is 0.637. The third-order valence-electron chi connectivity index (χ3n) is 8.36. The fourth-order valence-electron chi connectivity index (χ4n) is 5.83. The number of likely N-dealkylation sites (tertiary alicyclic amines) is 1. The van der Waals surface area contributed by atoms with Crippen molar-refractivity contribution in [3.63, 3.8) is 0 Å². The molecule has 2 fully saturated rings. The maximum atomic E-state index is 13.6. The predicted octanol–water partition coefficient (Wildman–Crippen LogP) is 3.83. The van der Waals surface area contributed by atoms with Gasteiger partial charge >= 0.3 is 0 Å². The van der Waals surface area contributed by atoms with E-state index in [0.29, 0.717) is 43.3 Å². The van der Waals surface area contributed by atoms with E-state index >= 15 is 0 Å². The van der Waals surface area contributed by atoms with Crippen LogP contribution < -0.4 is 4.90 Å². The lowest BCUT2D eigenvalue weighted by atomic mass is 9.90. The third kappa shape index (κ3) is 8.15. The molecule has 0 bridgehead atoms. The number of rotatable bonds is 11. The second kappa shape index (κ2) is 13.6. The SMILES string of the molecule is CCS(=O)(=O)c1ccc(CC2CCN(CCCN(C(=O)C3CCN(S(C)(=O)=O)CC3)c3ccccc3)CC2)cc1. The standard InChI is InChI=1S/C30H43N3O5S2/c1-3-40(37,38)29-12-10-25(11-13-29)24-26-14-20-31(21-15-26)18-7-19-33(28-8-5-4-6-9-28)30(34)27-16-22-32(23-17-27)39(2,35)36/h4-6,8-13,26-27H,3,7,14-24H2,1-2H3. The molecular weight excluding hydrogens is 546 g/mol. The molecule has 0 radical (unpaired) electrons. The van der Waals surface area contributed by atoms with Gasteiger partial charge in [0.15, 0.2) is 9.84 Å². The summed E-state index contributed by atoms with van der Waals surface area (Å²) < 4.78 is 49.4. The smallest absolute Gasteiger partial charge is 0.230 e. The molecule has 2 heterocycles. The first-order valence-electron chi connectivity index (χ1n) is 14.4. The Morgan fingerprint density at radius 2 is 1.50 bits per heavy atom. The number of hydrogen-bond acceptors (Lipinski definition) is 6. The number of nitrogens with zero attached hydrogens (tertiary/aromatic N) is 3. The quantitative estimate of drug-likeness (QED) is 0.396. The normalized spacial score (nSPS) is 18.6. The number of carbonyl (C=O) groups is 1. The highest BCUT2D eigenvalue weighted by Gasteiger charge is 2.32. The van der Waals surface area contributed by atoms with E-state index < -0.39 is 19.9 Å². The van der Waals surface area contributed by atoms with Crippen LogP contribution in [0.5, 0.6) is 0 Å². The van der Waals surface area contributed by atoms with Gasteiger partial charge in [-0.15, -0.1) is 0 Å². The molecule has 2 aliphatic rings.